The number of benzene rings is 3. The van der Waals surface area contributed by atoms with Gasteiger partial charge in [0.15, 0.2) is 5.76 Å². The van der Waals surface area contributed by atoms with Gasteiger partial charge < -0.3 is 25.0 Å². The first-order chi connectivity index (χ1) is 17.6. The van der Waals surface area contributed by atoms with Crippen LogP contribution in [0.15, 0.2) is 78.6 Å². The molecule has 3 N–H and O–H groups in total. The molecule has 2 aliphatic rings. The molecule has 0 spiro atoms. The molecule has 36 heavy (non-hydrogen) atoms. The maximum atomic E-state index is 13.3. The van der Waals surface area contributed by atoms with E-state index in [9.17, 15) is 15.0 Å². The number of aliphatic hydroxyl groups is 1. The molecule has 3 aromatic carbocycles. The molecule has 6 nitrogen and oxygen atoms in total. The van der Waals surface area contributed by atoms with Gasteiger partial charge in [-0.1, -0.05) is 54.6 Å². The van der Waals surface area contributed by atoms with Crippen LogP contribution in [0, 0.1) is 5.92 Å². The van der Waals surface area contributed by atoms with Gasteiger partial charge in [0.2, 0.25) is 6.29 Å². The Labute approximate surface area is 211 Å². The number of carbonyl (C=O) groups excluding carboxylic acids is 1. The van der Waals surface area contributed by atoms with Crippen molar-refractivity contribution in [3.05, 3.63) is 95.3 Å². The quantitative estimate of drug-likeness (QED) is 0.293. The van der Waals surface area contributed by atoms with E-state index in [1.165, 1.54) is 28.3 Å². The molecule has 0 bridgehead atoms. The van der Waals surface area contributed by atoms with Gasteiger partial charge in [-0.3, -0.25) is 4.79 Å². The van der Waals surface area contributed by atoms with Crippen molar-refractivity contribution in [1.29, 1.82) is 0 Å². The Hall–Kier alpha value is -3.61. The summed E-state index contributed by atoms with van der Waals surface area (Å²) in [5.74, 6) is -0.511. The van der Waals surface area contributed by atoms with Crippen molar-refractivity contribution < 1.29 is 24.5 Å². The number of phenols is 1. The molecule has 186 valence electrons. The Bertz CT molecular complexity index is 1280. The maximum Gasteiger partial charge on any atom is 0.290 e. The lowest BCUT2D eigenvalue weighted by atomic mass is 9.78. The highest BCUT2D eigenvalue weighted by Gasteiger charge is 2.39. The summed E-state index contributed by atoms with van der Waals surface area (Å²) < 4.78 is 12.1. The molecule has 0 fully saturated rings. The minimum Gasteiger partial charge on any atom is -0.506 e. The van der Waals surface area contributed by atoms with Crippen LogP contribution >= 0.6 is 0 Å². The molecule has 5 rings (SSSR count). The summed E-state index contributed by atoms with van der Waals surface area (Å²) in [5, 5.41) is 22.5. The van der Waals surface area contributed by atoms with Crippen LogP contribution in [0.25, 0.3) is 11.1 Å². The van der Waals surface area contributed by atoms with Crippen LogP contribution in [0.1, 0.15) is 42.4 Å². The van der Waals surface area contributed by atoms with Crippen LogP contribution in [0.3, 0.4) is 0 Å². The van der Waals surface area contributed by atoms with Crippen LogP contribution in [0.4, 0.5) is 5.69 Å². The second kappa shape index (κ2) is 10.6. The van der Waals surface area contributed by atoms with Gasteiger partial charge in [-0.15, -0.1) is 0 Å². The molecule has 0 saturated carbocycles. The van der Waals surface area contributed by atoms with Crippen molar-refractivity contribution in [2.45, 2.75) is 38.4 Å². The Morgan fingerprint density at radius 2 is 1.83 bits per heavy atom. The third kappa shape index (κ3) is 4.62. The molecule has 0 saturated heterocycles. The van der Waals surface area contributed by atoms with Gasteiger partial charge in [-0.2, -0.15) is 0 Å². The number of fused-ring (bicyclic) bond motifs is 3. The molecule has 1 amide bonds. The minimum atomic E-state index is -0.638. The second-order valence-corrected chi connectivity index (χ2v) is 9.21. The Kier molecular flexibility index (Phi) is 7.07. The van der Waals surface area contributed by atoms with E-state index in [4.69, 9.17) is 9.47 Å². The number of aliphatic hydroxyl groups excluding tert-OH is 1. The van der Waals surface area contributed by atoms with Crippen LogP contribution in [0.2, 0.25) is 0 Å². The molecule has 3 atom stereocenters. The van der Waals surface area contributed by atoms with E-state index in [0.717, 1.165) is 12.0 Å². The number of para-hydroxylation sites is 2. The van der Waals surface area contributed by atoms with E-state index in [0.29, 0.717) is 25.1 Å². The van der Waals surface area contributed by atoms with E-state index in [2.05, 4.69) is 47.8 Å². The van der Waals surface area contributed by atoms with Crippen molar-refractivity contribution in [2.75, 3.05) is 18.5 Å². The Morgan fingerprint density at radius 1 is 1.06 bits per heavy atom. The number of hydrogen-bond acceptors (Lipinski definition) is 5. The Morgan fingerprint density at radius 3 is 2.64 bits per heavy atom. The molecule has 0 aromatic heterocycles. The minimum absolute atomic E-state index is 0.0142. The summed E-state index contributed by atoms with van der Waals surface area (Å²) in [6, 6.07) is 21.4. The topological polar surface area (TPSA) is 88.0 Å². The predicted molar refractivity (Wildman–Crippen MR) is 139 cm³/mol. The molecule has 3 aromatic rings. The average Bonchev–Trinajstić information content (AvgIpc) is 3.28. The third-order valence-electron chi connectivity index (χ3n) is 7.03. The first kappa shape index (κ1) is 24.1. The summed E-state index contributed by atoms with van der Waals surface area (Å²) in [5.41, 5.74) is 6.48. The van der Waals surface area contributed by atoms with Crippen molar-refractivity contribution in [1.82, 2.24) is 0 Å². The molecular formula is C30H31NO5. The normalized spacial score (nSPS) is 20.2. The van der Waals surface area contributed by atoms with Crippen LogP contribution in [-0.4, -0.2) is 35.6 Å². The smallest absolute Gasteiger partial charge is 0.290 e. The average molecular weight is 486 g/mol. The number of amides is 1. The van der Waals surface area contributed by atoms with Gasteiger partial charge in [-0.05, 0) is 72.2 Å². The van der Waals surface area contributed by atoms with Crippen molar-refractivity contribution in [2.24, 2.45) is 5.92 Å². The van der Waals surface area contributed by atoms with Gasteiger partial charge in [0, 0.05) is 25.0 Å². The zero-order chi connectivity index (χ0) is 25.1. The van der Waals surface area contributed by atoms with E-state index in [1.54, 1.807) is 18.2 Å². The maximum absolute atomic E-state index is 13.3. The monoisotopic (exact) mass is 485 g/mol. The van der Waals surface area contributed by atoms with Gasteiger partial charge in [0.1, 0.15) is 5.75 Å². The van der Waals surface area contributed by atoms with Crippen LogP contribution in [0.5, 0.6) is 5.75 Å². The number of phenolic OH excluding ortho intramolecular Hbond substituents is 1. The first-order valence-corrected chi connectivity index (χ1v) is 12.5. The zero-order valence-electron chi connectivity index (χ0n) is 20.3. The summed E-state index contributed by atoms with van der Waals surface area (Å²) in [4.78, 5) is 13.3. The summed E-state index contributed by atoms with van der Waals surface area (Å²) in [6.07, 6.45) is 3.37. The molecular weight excluding hydrogens is 454 g/mol. The number of carbonyl (C=O) groups is 1. The highest BCUT2D eigenvalue weighted by atomic mass is 16.7. The first-order valence-electron chi connectivity index (χ1n) is 12.5. The summed E-state index contributed by atoms with van der Waals surface area (Å²) >= 11 is 0. The van der Waals surface area contributed by atoms with E-state index < -0.39 is 12.2 Å². The molecule has 6 heteroatoms. The number of hydrogen-bond donors (Lipinski definition) is 3. The fraction of sp³-hybridized carbons (Fsp3) is 0.300. The van der Waals surface area contributed by atoms with Crippen LogP contribution < -0.4 is 5.32 Å². The van der Waals surface area contributed by atoms with Gasteiger partial charge in [0.05, 0.1) is 5.69 Å². The number of rotatable bonds is 8. The molecule has 1 aliphatic carbocycles. The highest BCUT2D eigenvalue weighted by Crippen LogP contribution is 2.46. The standard InChI is InChI=1S/C30H31NO5/c1-2-35-30-23(13-8-16-32)25(18-28(36-30)29(34)31-26-14-5-6-15-27(26)33)22-12-7-11-21-20-10-4-3-9-19(20)17-24(21)22/h3-7,9-12,14-15,18,23,25,30,32-33H,2,8,13,16-17H2,1H3,(H,31,34)/t23-,25-,30-/m1/s1. The number of allylic oxidation sites excluding steroid dienone is 1. The lowest BCUT2D eigenvalue weighted by Gasteiger charge is -2.37. The fourth-order valence-electron chi connectivity index (χ4n) is 5.38. The van der Waals surface area contributed by atoms with E-state index in [-0.39, 0.29) is 30.0 Å². The molecule has 0 unspecified atom stereocenters. The number of aromatic hydroxyl groups is 1. The summed E-state index contributed by atoms with van der Waals surface area (Å²) in [7, 11) is 0. The second-order valence-electron chi connectivity index (χ2n) is 9.21. The van der Waals surface area contributed by atoms with Crippen molar-refractivity contribution in [3.63, 3.8) is 0 Å². The number of anilines is 1. The summed E-state index contributed by atoms with van der Waals surface area (Å²) in [6.45, 7) is 2.41. The van der Waals surface area contributed by atoms with Gasteiger partial charge >= 0.3 is 0 Å². The third-order valence-corrected chi connectivity index (χ3v) is 7.03. The van der Waals surface area contributed by atoms with Crippen molar-refractivity contribution >= 4 is 11.6 Å². The number of nitrogens with one attached hydrogen (secondary N) is 1. The molecule has 1 aliphatic heterocycles. The van der Waals surface area contributed by atoms with Gasteiger partial charge in [0.25, 0.3) is 5.91 Å². The van der Waals surface area contributed by atoms with Crippen molar-refractivity contribution in [3.8, 4) is 16.9 Å². The lowest BCUT2D eigenvalue weighted by Crippen LogP contribution is -2.37. The molecule has 0 radical (unpaired) electrons. The van der Waals surface area contributed by atoms with Crippen LogP contribution in [-0.2, 0) is 20.7 Å². The van der Waals surface area contributed by atoms with Gasteiger partial charge in [-0.25, -0.2) is 0 Å². The largest absolute Gasteiger partial charge is 0.506 e. The lowest BCUT2D eigenvalue weighted by molar-refractivity contribution is -0.165. The Balaban J connectivity index is 1.56. The highest BCUT2D eigenvalue weighted by molar-refractivity contribution is 6.03. The number of ether oxygens (including phenoxy) is 2. The zero-order valence-corrected chi connectivity index (χ0v) is 20.3. The van der Waals surface area contributed by atoms with E-state index >= 15 is 0 Å². The molecule has 1 heterocycles. The SMILES string of the molecule is CCO[C@@H]1OC(C(=O)Nc2ccccc2O)=C[C@H](c2cccc3c2Cc2ccccc2-3)[C@H]1CCCO. The van der Waals surface area contributed by atoms with E-state index in [1.807, 2.05) is 13.0 Å². The predicted octanol–water partition coefficient (Wildman–Crippen LogP) is 5.35. The fourth-order valence-corrected chi connectivity index (χ4v) is 5.38.